The third-order valence-electron chi connectivity index (χ3n) is 8.32. The topological polar surface area (TPSA) is 87.0 Å². The molecule has 1 aliphatic rings. The van der Waals surface area contributed by atoms with Crippen LogP contribution in [0.25, 0.3) is 10.9 Å². The lowest BCUT2D eigenvalue weighted by Crippen LogP contribution is -2.47. The lowest BCUT2D eigenvalue weighted by Gasteiger charge is -2.34. The summed E-state index contributed by atoms with van der Waals surface area (Å²) in [6, 6.07) is 23.6. The Bertz CT molecular complexity index is 1570. The Morgan fingerprint density at radius 3 is 2.63 bits per heavy atom. The number of amides is 2. The number of hydrogen-bond acceptors (Lipinski definition) is 5. The molecule has 0 saturated carbocycles. The second kappa shape index (κ2) is 13.4. The third kappa shape index (κ3) is 7.27. The fourth-order valence-electron chi connectivity index (χ4n) is 5.94. The van der Waals surface area contributed by atoms with E-state index in [2.05, 4.69) is 36.3 Å². The minimum absolute atomic E-state index is 0.0159. The van der Waals surface area contributed by atoms with E-state index in [-0.39, 0.29) is 49.3 Å². The van der Waals surface area contributed by atoms with E-state index in [0.29, 0.717) is 30.1 Å². The molecule has 3 aromatic carbocycles. The Hall–Kier alpha value is -4.14. The summed E-state index contributed by atoms with van der Waals surface area (Å²) < 4.78 is 8.69. The van der Waals surface area contributed by atoms with Crippen molar-refractivity contribution >= 4 is 28.4 Å². The lowest BCUT2D eigenvalue weighted by molar-refractivity contribution is -0.134. The van der Waals surface area contributed by atoms with Gasteiger partial charge in [-0.05, 0) is 49.4 Å². The van der Waals surface area contributed by atoms with Gasteiger partial charge in [0.25, 0.3) is 0 Å². The number of fused-ring (bicyclic) bond motifs is 2. The number of aryl methyl sites for hydroxylation is 1. The molecule has 1 aliphatic heterocycles. The average molecular weight is 583 g/mol. The van der Waals surface area contributed by atoms with Crippen molar-refractivity contribution in [1.29, 1.82) is 0 Å². The number of carbonyl (C=O) groups is 2. The zero-order valence-electron chi connectivity index (χ0n) is 25.5. The van der Waals surface area contributed by atoms with E-state index in [0.717, 1.165) is 23.0 Å². The van der Waals surface area contributed by atoms with E-state index >= 15 is 0 Å². The van der Waals surface area contributed by atoms with Crippen molar-refractivity contribution in [3.05, 3.63) is 95.7 Å². The fraction of sp³-hybridized carbons (Fsp3) is 0.371. The molecule has 4 aromatic rings. The van der Waals surface area contributed by atoms with Crippen molar-refractivity contribution in [2.45, 2.75) is 45.4 Å². The van der Waals surface area contributed by atoms with Crippen LogP contribution in [0.1, 0.15) is 30.5 Å². The van der Waals surface area contributed by atoms with Gasteiger partial charge in [0.1, 0.15) is 11.9 Å². The molecule has 5 rings (SSSR count). The van der Waals surface area contributed by atoms with Crippen LogP contribution < -0.4 is 10.1 Å². The molecule has 43 heavy (non-hydrogen) atoms. The number of nitrogens with one attached hydrogen (secondary N) is 1. The van der Waals surface area contributed by atoms with E-state index in [4.69, 9.17) is 4.74 Å². The molecule has 0 bridgehead atoms. The van der Waals surface area contributed by atoms with Crippen LogP contribution in [-0.2, 0) is 36.0 Å². The molecular weight excluding hydrogens is 540 g/mol. The molecule has 0 unspecified atom stereocenters. The molecule has 0 spiro atoms. The monoisotopic (exact) mass is 582 g/mol. The van der Waals surface area contributed by atoms with Crippen molar-refractivity contribution in [2.24, 2.45) is 13.0 Å². The molecule has 2 heterocycles. The Morgan fingerprint density at radius 1 is 1.12 bits per heavy atom. The van der Waals surface area contributed by atoms with Gasteiger partial charge in [-0.15, -0.1) is 0 Å². The Balaban J connectivity index is 1.37. The maximum absolute atomic E-state index is 13.6. The van der Waals surface area contributed by atoms with Crippen LogP contribution in [0.2, 0.25) is 0 Å². The number of ether oxygens (including phenoxy) is 1. The van der Waals surface area contributed by atoms with Gasteiger partial charge in [0.15, 0.2) is 0 Å². The minimum Gasteiger partial charge on any atom is -0.488 e. The number of likely N-dealkylation sites (N-methyl/N-ethyl adjacent to an activating group) is 1. The quantitative estimate of drug-likeness (QED) is 0.300. The second-order valence-electron chi connectivity index (χ2n) is 11.9. The van der Waals surface area contributed by atoms with Crippen LogP contribution in [0.3, 0.4) is 0 Å². The van der Waals surface area contributed by atoms with Crippen LogP contribution in [0.5, 0.6) is 5.75 Å². The lowest BCUT2D eigenvalue weighted by atomic mass is 10.0. The molecule has 8 heteroatoms. The van der Waals surface area contributed by atoms with E-state index in [9.17, 15) is 14.7 Å². The highest BCUT2D eigenvalue weighted by molar-refractivity contribution is 5.96. The number of benzene rings is 3. The maximum atomic E-state index is 13.6. The Kier molecular flexibility index (Phi) is 9.48. The van der Waals surface area contributed by atoms with Crippen LogP contribution in [0.4, 0.5) is 5.69 Å². The normalized spacial score (nSPS) is 18.0. The zero-order chi connectivity index (χ0) is 30.5. The molecule has 3 atom stereocenters. The molecule has 0 saturated heterocycles. The minimum atomic E-state index is -0.317. The first kappa shape index (κ1) is 30.3. The summed E-state index contributed by atoms with van der Waals surface area (Å²) in [6.07, 6.45) is 2.15. The van der Waals surface area contributed by atoms with E-state index < -0.39 is 0 Å². The van der Waals surface area contributed by atoms with Crippen LogP contribution in [0, 0.1) is 5.92 Å². The number of nitrogens with zero attached hydrogens (tertiary/aromatic N) is 3. The van der Waals surface area contributed by atoms with Crippen molar-refractivity contribution < 1.29 is 19.4 Å². The first-order chi connectivity index (χ1) is 20.7. The second-order valence-corrected chi connectivity index (χ2v) is 11.9. The summed E-state index contributed by atoms with van der Waals surface area (Å²) in [7, 11) is 4.05. The summed E-state index contributed by atoms with van der Waals surface area (Å²) in [5.74, 6) is 0.456. The molecule has 1 aromatic heterocycles. The average Bonchev–Trinajstić information content (AvgIpc) is 3.32. The summed E-state index contributed by atoms with van der Waals surface area (Å²) in [5, 5.41) is 14.0. The van der Waals surface area contributed by atoms with Crippen molar-refractivity contribution in [3.63, 3.8) is 0 Å². The van der Waals surface area contributed by atoms with Crippen LogP contribution >= 0.6 is 0 Å². The number of anilines is 1. The smallest absolute Gasteiger partial charge is 0.228 e. The van der Waals surface area contributed by atoms with Crippen molar-refractivity contribution in [2.75, 3.05) is 32.1 Å². The molecule has 226 valence electrons. The first-order valence-electron chi connectivity index (χ1n) is 15.0. The predicted octanol–water partition coefficient (Wildman–Crippen LogP) is 4.64. The van der Waals surface area contributed by atoms with Gasteiger partial charge in [-0.25, -0.2) is 0 Å². The summed E-state index contributed by atoms with van der Waals surface area (Å²) in [4.78, 5) is 30.7. The SMILES string of the molecule is C[C@@H]1CN([C@@H](C)CO)C(=O)Cc2cc(NC(=O)Cc3cn(C)c4ccccc34)ccc2O[C@@H]1CN(C)Cc1ccccc1. The van der Waals surface area contributed by atoms with Gasteiger partial charge in [0, 0.05) is 61.0 Å². The fourth-order valence-corrected chi connectivity index (χ4v) is 5.94. The molecule has 8 nitrogen and oxygen atoms in total. The van der Waals surface area contributed by atoms with Crippen molar-refractivity contribution in [1.82, 2.24) is 14.4 Å². The number of aliphatic hydroxyl groups excluding tert-OH is 1. The molecule has 0 radical (unpaired) electrons. The standard InChI is InChI=1S/C35H42N4O4/c1-24-19-39(25(2)23-40)35(42)18-27-16-29(36-34(41)17-28-21-38(4)31-13-9-8-12-30(28)31)14-15-32(27)43-33(24)22-37(3)20-26-10-6-5-7-11-26/h5-16,21,24-25,33,40H,17-20,22-23H2,1-4H3,(H,36,41)/t24-,25+,33-/m1/s1. The summed E-state index contributed by atoms with van der Waals surface area (Å²) in [6.45, 7) is 5.76. The molecule has 2 N–H and O–H groups in total. The largest absolute Gasteiger partial charge is 0.488 e. The number of para-hydroxylation sites is 1. The number of aromatic nitrogens is 1. The van der Waals surface area contributed by atoms with Gasteiger partial charge in [0.2, 0.25) is 11.8 Å². The molecule has 0 fully saturated rings. The molecule has 2 amide bonds. The van der Waals surface area contributed by atoms with Crippen molar-refractivity contribution in [3.8, 4) is 5.75 Å². The Morgan fingerprint density at radius 2 is 1.86 bits per heavy atom. The maximum Gasteiger partial charge on any atom is 0.228 e. The first-order valence-corrected chi connectivity index (χ1v) is 15.0. The van der Waals surface area contributed by atoms with Crippen LogP contribution in [-0.4, -0.2) is 70.2 Å². The number of carbonyl (C=O) groups excluding carboxylic acids is 2. The summed E-state index contributed by atoms with van der Waals surface area (Å²) in [5.41, 5.74) is 4.59. The van der Waals surface area contributed by atoms with Gasteiger partial charge >= 0.3 is 0 Å². The molecule has 0 aliphatic carbocycles. The Labute approximate surface area is 253 Å². The number of hydrogen-bond donors (Lipinski definition) is 2. The highest BCUT2D eigenvalue weighted by atomic mass is 16.5. The van der Waals surface area contributed by atoms with E-state index in [1.807, 2.05) is 85.4 Å². The highest BCUT2D eigenvalue weighted by Crippen LogP contribution is 2.30. The number of aliphatic hydroxyl groups is 1. The summed E-state index contributed by atoms with van der Waals surface area (Å²) >= 11 is 0. The van der Waals surface area contributed by atoms with E-state index in [1.165, 1.54) is 5.56 Å². The van der Waals surface area contributed by atoms with Crippen LogP contribution in [0.15, 0.2) is 79.0 Å². The predicted molar refractivity (Wildman–Crippen MR) is 170 cm³/mol. The number of rotatable bonds is 9. The van der Waals surface area contributed by atoms with Gasteiger partial charge in [-0.1, -0.05) is 55.5 Å². The van der Waals surface area contributed by atoms with Gasteiger partial charge in [0.05, 0.1) is 25.5 Å². The van der Waals surface area contributed by atoms with Gasteiger partial charge < -0.3 is 24.6 Å². The molecular formula is C35H42N4O4. The third-order valence-corrected chi connectivity index (χ3v) is 8.32. The van der Waals surface area contributed by atoms with Gasteiger partial charge in [-0.3, -0.25) is 14.5 Å². The highest BCUT2D eigenvalue weighted by Gasteiger charge is 2.31. The zero-order valence-corrected chi connectivity index (χ0v) is 25.5. The van der Waals surface area contributed by atoms with Gasteiger partial charge in [-0.2, -0.15) is 0 Å². The van der Waals surface area contributed by atoms with E-state index in [1.54, 1.807) is 4.90 Å².